The molecule has 13 heteroatoms. The molecule has 0 saturated carbocycles. The van der Waals surface area contributed by atoms with E-state index in [1.807, 2.05) is 0 Å². The highest BCUT2D eigenvalue weighted by Gasteiger charge is 2.15. The number of fused-ring (bicyclic) bond motifs is 1. The van der Waals surface area contributed by atoms with Crippen molar-refractivity contribution in [1.29, 1.82) is 0 Å². The molecule has 2 aromatic heterocycles. The van der Waals surface area contributed by atoms with Crippen molar-refractivity contribution in [3.8, 4) is 11.5 Å². The zero-order valence-corrected chi connectivity index (χ0v) is 20.7. The minimum atomic E-state index is -1.13. The van der Waals surface area contributed by atoms with Crippen molar-refractivity contribution in [3.63, 3.8) is 0 Å². The van der Waals surface area contributed by atoms with Crippen molar-refractivity contribution in [3.05, 3.63) is 60.7 Å². The quantitative estimate of drug-likeness (QED) is 0.251. The molecule has 2 heterocycles. The molecule has 2 aromatic carbocycles. The average molecular weight is 529 g/mol. The number of halogens is 2. The number of methoxy groups -OCH3 is 2. The topological polar surface area (TPSA) is 122 Å². The van der Waals surface area contributed by atoms with E-state index in [1.54, 1.807) is 32.5 Å². The Balaban J connectivity index is 1.50. The fourth-order valence-corrected chi connectivity index (χ4v) is 3.45. The third-order valence-electron chi connectivity index (χ3n) is 5.22. The van der Waals surface area contributed by atoms with E-state index in [9.17, 15) is 13.6 Å². The zero-order valence-electron chi connectivity index (χ0n) is 20.7. The molecule has 11 nitrogen and oxygen atoms in total. The summed E-state index contributed by atoms with van der Waals surface area (Å²) in [5.41, 5.74) is 0.900. The predicted molar refractivity (Wildman–Crippen MR) is 135 cm³/mol. The number of carbonyl (C=O) groups is 1. The molecule has 0 aliphatic rings. The largest absolute Gasteiger partial charge is 0.487 e. The van der Waals surface area contributed by atoms with E-state index in [-0.39, 0.29) is 12.2 Å². The van der Waals surface area contributed by atoms with Gasteiger partial charge in [0, 0.05) is 31.9 Å². The van der Waals surface area contributed by atoms with Gasteiger partial charge in [-0.3, -0.25) is 9.48 Å². The van der Waals surface area contributed by atoms with Gasteiger partial charge in [-0.05, 0) is 18.2 Å². The van der Waals surface area contributed by atoms with Gasteiger partial charge in [0.15, 0.2) is 23.1 Å². The minimum absolute atomic E-state index is 0.220. The number of nitrogens with zero attached hydrogens (tertiary/aromatic N) is 4. The Hall–Kier alpha value is -4.36. The molecule has 2 N–H and O–H groups in total. The van der Waals surface area contributed by atoms with Gasteiger partial charge in [-0.2, -0.15) is 5.10 Å². The molecular formula is C25H26F2N6O5. The van der Waals surface area contributed by atoms with E-state index in [0.29, 0.717) is 60.3 Å². The maximum atomic E-state index is 13.8. The second kappa shape index (κ2) is 12.7. The molecule has 0 saturated heterocycles. The molecule has 0 radical (unpaired) electrons. The van der Waals surface area contributed by atoms with Crippen LogP contribution in [0.1, 0.15) is 0 Å². The smallest absolute Gasteiger partial charge is 0.246 e. The lowest BCUT2D eigenvalue weighted by Gasteiger charge is -2.15. The highest BCUT2D eigenvalue weighted by atomic mass is 19.2. The second-order valence-corrected chi connectivity index (χ2v) is 7.92. The van der Waals surface area contributed by atoms with Gasteiger partial charge in [0.05, 0.1) is 36.3 Å². The third kappa shape index (κ3) is 6.69. The van der Waals surface area contributed by atoms with Crippen LogP contribution in [0.5, 0.6) is 11.5 Å². The Bertz CT molecular complexity index is 1400. The Kier molecular flexibility index (Phi) is 8.95. The highest BCUT2D eigenvalue weighted by molar-refractivity contribution is 5.93. The van der Waals surface area contributed by atoms with Crippen LogP contribution >= 0.6 is 0 Å². The summed E-state index contributed by atoms with van der Waals surface area (Å²) in [6.07, 6.45) is 4.48. The van der Waals surface area contributed by atoms with Crippen molar-refractivity contribution >= 4 is 34.0 Å². The molecule has 4 rings (SSSR count). The fourth-order valence-electron chi connectivity index (χ4n) is 3.45. The standard InChI is InChI=1S/C25H26F2N6O5/c1-35-6-8-37-21-10-17-20(11-22(21)38-9-7-36-2)28-15-29-25(17)31-16-12-30-33(13-16)14-23(34)32-19-5-3-4-18(26)24(19)27/h3-5,10-13,15H,6-9,14H2,1-2H3,(H,32,34)(H,28,29,31). The number of anilines is 3. The Morgan fingerprint density at radius 2 is 1.74 bits per heavy atom. The first kappa shape index (κ1) is 26.7. The first-order valence-corrected chi connectivity index (χ1v) is 11.5. The Labute approximate surface area is 216 Å². The number of ether oxygens (including phenoxy) is 4. The average Bonchev–Trinajstić information content (AvgIpc) is 3.34. The number of nitrogens with one attached hydrogen (secondary N) is 2. The predicted octanol–water partition coefficient (Wildman–Crippen LogP) is 3.54. The molecule has 0 aliphatic carbocycles. The summed E-state index contributed by atoms with van der Waals surface area (Å²) in [4.78, 5) is 21.0. The van der Waals surface area contributed by atoms with Gasteiger partial charge in [-0.15, -0.1) is 0 Å². The highest BCUT2D eigenvalue weighted by Crippen LogP contribution is 2.35. The van der Waals surface area contributed by atoms with Crippen LogP contribution < -0.4 is 20.1 Å². The van der Waals surface area contributed by atoms with Crippen molar-refractivity contribution in [1.82, 2.24) is 19.7 Å². The molecular weight excluding hydrogens is 502 g/mol. The molecule has 0 aliphatic heterocycles. The normalized spacial score (nSPS) is 10.9. The monoisotopic (exact) mass is 528 g/mol. The van der Waals surface area contributed by atoms with Crippen LogP contribution in [0.3, 0.4) is 0 Å². The number of benzene rings is 2. The summed E-state index contributed by atoms with van der Waals surface area (Å²) in [5, 5.41) is 10.3. The third-order valence-corrected chi connectivity index (χ3v) is 5.22. The first-order valence-electron chi connectivity index (χ1n) is 11.5. The van der Waals surface area contributed by atoms with Gasteiger partial charge in [0.25, 0.3) is 0 Å². The van der Waals surface area contributed by atoms with E-state index < -0.39 is 17.5 Å². The van der Waals surface area contributed by atoms with E-state index in [2.05, 4.69) is 25.7 Å². The number of aromatic nitrogens is 4. The number of hydrogen-bond donors (Lipinski definition) is 2. The van der Waals surface area contributed by atoms with Gasteiger partial charge in [0.2, 0.25) is 5.91 Å². The Morgan fingerprint density at radius 1 is 1.00 bits per heavy atom. The van der Waals surface area contributed by atoms with Crippen LogP contribution in [0.2, 0.25) is 0 Å². The van der Waals surface area contributed by atoms with Crippen molar-refractivity contribution in [2.75, 3.05) is 51.3 Å². The molecule has 0 unspecified atom stereocenters. The lowest BCUT2D eigenvalue weighted by Crippen LogP contribution is -2.19. The van der Waals surface area contributed by atoms with Crippen LogP contribution in [0.4, 0.5) is 26.0 Å². The van der Waals surface area contributed by atoms with Crippen LogP contribution in [-0.2, 0) is 20.8 Å². The summed E-state index contributed by atoms with van der Waals surface area (Å²) in [6, 6.07) is 7.06. The van der Waals surface area contributed by atoms with E-state index in [0.717, 1.165) is 6.07 Å². The molecule has 1 amide bonds. The fraction of sp³-hybridized carbons (Fsp3) is 0.280. The zero-order chi connectivity index (χ0) is 26.9. The minimum Gasteiger partial charge on any atom is -0.487 e. The van der Waals surface area contributed by atoms with Crippen LogP contribution in [0.15, 0.2) is 49.1 Å². The van der Waals surface area contributed by atoms with Gasteiger partial charge in [-0.25, -0.2) is 18.7 Å². The molecule has 200 valence electrons. The lowest BCUT2D eigenvalue weighted by atomic mass is 10.2. The van der Waals surface area contributed by atoms with E-state index in [4.69, 9.17) is 18.9 Å². The first-order chi connectivity index (χ1) is 18.5. The van der Waals surface area contributed by atoms with Crippen LogP contribution in [0.25, 0.3) is 10.9 Å². The van der Waals surface area contributed by atoms with E-state index >= 15 is 0 Å². The van der Waals surface area contributed by atoms with Crippen molar-refractivity contribution in [2.24, 2.45) is 0 Å². The number of hydrogen-bond acceptors (Lipinski definition) is 9. The SMILES string of the molecule is COCCOc1cc2ncnc(Nc3cnn(CC(=O)Nc4cccc(F)c4F)c3)c2cc1OCCOC. The number of carbonyl (C=O) groups excluding carboxylic acids is 1. The van der Waals surface area contributed by atoms with Gasteiger partial charge >= 0.3 is 0 Å². The second-order valence-electron chi connectivity index (χ2n) is 7.92. The molecule has 0 bridgehead atoms. The van der Waals surface area contributed by atoms with Crippen molar-refractivity contribution < 1.29 is 32.5 Å². The summed E-state index contributed by atoms with van der Waals surface area (Å²) in [5.74, 6) is -1.29. The van der Waals surface area contributed by atoms with Crippen LogP contribution in [0, 0.1) is 11.6 Å². The maximum absolute atomic E-state index is 13.8. The lowest BCUT2D eigenvalue weighted by molar-refractivity contribution is -0.116. The molecule has 4 aromatic rings. The van der Waals surface area contributed by atoms with E-state index in [1.165, 1.54) is 29.3 Å². The summed E-state index contributed by atoms with van der Waals surface area (Å²) in [6.45, 7) is 1.22. The Morgan fingerprint density at radius 3 is 2.47 bits per heavy atom. The molecule has 0 fully saturated rings. The van der Waals surface area contributed by atoms with Gasteiger partial charge in [0.1, 0.15) is 31.9 Å². The van der Waals surface area contributed by atoms with Crippen LogP contribution in [-0.4, -0.2) is 66.3 Å². The summed E-state index contributed by atoms with van der Waals surface area (Å²) < 4.78 is 50.3. The molecule has 38 heavy (non-hydrogen) atoms. The number of rotatable bonds is 13. The molecule has 0 spiro atoms. The van der Waals surface area contributed by atoms with Gasteiger partial charge < -0.3 is 29.6 Å². The summed E-state index contributed by atoms with van der Waals surface area (Å²) >= 11 is 0. The molecule has 0 atom stereocenters. The van der Waals surface area contributed by atoms with Crippen molar-refractivity contribution in [2.45, 2.75) is 6.54 Å². The summed E-state index contributed by atoms with van der Waals surface area (Å²) in [7, 11) is 3.17. The maximum Gasteiger partial charge on any atom is 0.246 e. The van der Waals surface area contributed by atoms with Gasteiger partial charge in [-0.1, -0.05) is 6.07 Å². The number of amides is 1.